The molecule has 1 unspecified atom stereocenters. The highest BCUT2D eigenvalue weighted by Crippen LogP contribution is 2.34. The maximum absolute atomic E-state index is 12.5. The van der Waals surface area contributed by atoms with Crippen molar-refractivity contribution in [1.29, 1.82) is 0 Å². The van der Waals surface area contributed by atoms with Gasteiger partial charge in [-0.15, -0.1) is 0 Å². The molecule has 1 aliphatic rings. The normalized spacial score (nSPS) is 15.3. The molecule has 0 fully saturated rings. The summed E-state index contributed by atoms with van der Waals surface area (Å²) in [6.07, 6.45) is 0. The first kappa shape index (κ1) is 16.1. The zero-order chi connectivity index (χ0) is 18.1. The Hall–Kier alpha value is -3.40. The van der Waals surface area contributed by atoms with Crippen molar-refractivity contribution in [3.05, 3.63) is 83.9 Å². The highest BCUT2D eigenvalue weighted by molar-refractivity contribution is 6.06. The first-order chi connectivity index (χ1) is 12.6. The lowest BCUT2D eigenvalue weighted by Gasteiger charge is -2.09. The molecule has 4 heteroatoms. The second kappa shape index (κ2) is 6.48. The molecule has 1 heterocycles. The van der Waals surface area contributed by atoms with Gasteiger partial charge in [0.2, 0.25) is 5.91 Å². The third kappa shape index (κ3) is 2.97. The second-order valence-corrected chi connectivity index (χ2v) is 6.41. The van der Waals surface area contributed by atoms with Crippen molar-refractivity contribution in [2.24, 2.45) is 0 Å². The van der Waals surface area contributed by atoms with Crippen LogP contribution < -0.4 is 10.6 Å². The van der Waals surface area contributed by atoms with Gasteiger partial charge in [-0.3, -0.25) is 9.59 Å². The monoisotopic (exact) mass is 342 g/mol. The van der Waals surface area contributed by atoms with Crippen molar-refractivity contribution in [3.8, 4) is 11.1 Å². The molecule has 0 bridgehead atoms. The maximum Gasteiger partial charge on any atom is 0.255 e. The van der Waals surface area contributed by atoms with Crippen LogP contribution in [0.5, 0.6) is 0 Å². The lowest BCUT2D eigenvalue weighted by Crippen LogP contribution is -2.12. The molecule has 0 aliphatic carbocycles. The third-order valence-electron chi connectivity index (χ3n) is 4.68. The van der Waals surface area contributed by atoms with Crippen LogP contribution in [0.2, 0.25) is 0 Å². The van der Waals surface area contributed by atoms with Crippen molar-refractivity contribution in [2.45, 2.75) is 12.8 Å². The van der Waals surface area contributed by atoms with Gasteiger partial charge in [0.15, 0.2) is 0 Å². The molecule has 0 aromatic heterocycles. The molecule has 0 spiro atoms. The molecule has 4 nitrogen and oxygen atoms in total. The number of benzene rings is 3. The molecule has 128 valence electrons. The number of carbonyl (C=O) groups is 2. The van der Waals surface area contributed by atoms with Gasteiger partial charge >= 0.3 is 0 Å². The molecule has 1 atom stereocenters. The summed E-state index contributed by atoms with van der Waals surface area (Å²) < 4.78 is 0. The van der Waals surface area contributed by atoms with Crippen LogP contribution >= 0.6 is 0 Å². The summed E-state index contributed by atoms with van der Waals surface area (Å²) in [6.45, 7) is 1.86. The smallest absolute Gasteiger partial charge is 0.255 e. The van der Waals surface area contributed by atoms with Crippen molar-refractivity contribution >= 4 is 23.2 Å². The Morgan fingerprint density at radius 1 is 0.923 bits per heavy atom. The summed E-state index contributed by atoms with van der Waals surface area (Å²) in [5, 5.41) is 5.73. The van der Waals surface area contributed by atoms with Crippen LogP contribution in [-0.4, -0.2) is 11.8 Å². The average Bonchev–Trinajstić information content (AvgIpc) is 2.96. The predicted molar refractivity (Wildman–Crippen MR) is 103 cm³/mol. The molecule has 0 saturated carbocycles. The number of hydrogen-bond acceptors (Lipinski definition) is 2. The third-order valence-corrected chi connectivity index (χ3v) is 4.68. The molecule has 2 amide bonds. The van der Waals surface area contributed by atoms with Gasteiger partial charge in [0, 0.05) is 16.9 Å². The summed E-state index contributed by atoms with van der Waals surface area (Å²) in [6, 6.07) is 23.0. The van der Waals surface area contributed by atoms with Crippen LogP contribution in [-0.2, 0) is 4.79 Å². The zero-order valence-corrected chi connectivity index (χ0v) is 14.3. The van der Waals surface area contributed by atoms with Gasteiger partial charge in [0.05, 0.1) is 5.92 Å². The molecule has 1 aliphatic heterocycles. The minimum absolute atomic E-state index is 0.0139. The van der Waals surface area contributed by atoms with Crippen LogP contribution in [0.15, 0.2) is 72.8 Å². The Morgan fingerprint density at radius 3 is 2.35 bits per heavy atom. The number of amides is 2. The summed E-state index contributed by atoms with van der Waals surface area (Å²) in [5.41, 5.74) is 5.18. The minimum Gasteiger partial charge on any atom is -0.325 e. The highest BCUT2D eigenvalue weighted by atomic mass is 16.2. The molecule has 3 aromatic rings. The average molecular weight is 342 g/mol. The summed E-state index contributed by atoms with van der Waals surface area (Å²) in [4.78, 5) is 24.3. The van der Waals surface area contributed by atoms with E-state index in [-0.39, 0.29) is 17.7 Å². The quantitative estimate of drug-likeness (QED) is 0.727. The van der Waals surface area contributed by atoms with Crippen LogP contribution in [0, 0.1) is 0 Å². The summed E-state index contributed by atoms with van der Waals surface area (Å²) in [7, 11) is 0. The maximum atomic E-state index is 12.5. The van der Waals surface area contributed by atoms with Crippen molar-refractivity contribution in [1.82, 2.24) is 0 Å². The Kier molecular flexibility index (Phi) is 4.01. The number of carbonyl (C=O) groups excluding carboxylic acids is 2. The SMILES string of the molecule is CC1C(=O)Nc2ccc(NC(=O)c3ccc(-c4ccccc4)cc3)cc21. The van der Waals surface area contributed by atoms with Crippen LogP contribution in [0.1, 0.15) is 28.8 Å². The summed E-state index contributed by atoms with van der Waals surface area (Å²) >= 11 is 0. The topological polar surface area (TPSA) is 58.2 Å². The molecule has 3 aromatic carbocycles. The lowest BCUT2D eigenvalue weighted by atomic mass is 10.0. The number of anilines is 2. The van der Waals surface area contributed by atoms with Gasteiger partial charge in [-0.25, -0.2) is 0 Å². The first-order valence-corrected chi connectivity index (χ1v) is 8.53. The molecular formula is C22H18N2O2. The van der Waals surface area contributed by atoms with E-state index in [9.17, 15) is 9.59 Å². The minimum atomic E-state index is -0.202. The van der Waals surface area contributed by atoms with Gasteiger partial charge in [-0.1, -0.05) is 42.5 Å². The molecule has 2 N–H and O–H groups in total. The molecular weight excluding hydrogens is 324 g/mol. The van der Waals surface area contributed by atoms with E-state index in [0.29, 0.717) is 11.3 Å². The van der Waals surface area contributed by atoms with E-state index in [4.69, 9.17) is 0 Å². The van der Waals surface area contributed by atoms with Crippen molar-refractivity contribution in [2.75, 3.05) is 10.6 Å². The van der Waals surface area contributed by atoms with Gasteiger partial charge < -0.3 is 10.6 Å². The van der Waals surface area contributed by atoms with E-state index in [1.807, 2.05) is 73.7 Å². The summed E-state index contributed by atoms with van der Waals surface area (Å²) in [5.74, 6) is -0.388. The van der Waals surface area contributed by atoms with E-state index >= 15 is 0 Å². The van der Waals surface area contributed by atoms with E-state index < -0.39 is 0 Å². The first-order valence-electron chi connectivity index (χ1n) is 8.53. The van der Waals surface area contributed by atoms with Gasteiger partial charge in [-0.05, 0) is 53.9 Å². The fraction of sp³-hybridized carbons (Fsp3) is 0.0909. The molecule has 26 heavy (non-hydrogen) atoms. The number of nitrogens with one attached hydrogen (secondary N) is 2. The van der Waals surface area contributed by atoms with Crippen LogP contribution in [0.25, 0.3) is 11.1 Å². The van der Waals surface area contributed by atoms with Crippen LogP contribution in [0.3, 0.4) is 0 Å². The lowest BCUT2D eigenvalue weighted by molar-refractivity contribution is -0.116. The molecule has 0 saturated heterocycles. The number of rotatable bonds is 3. The van der Waals surface area contributed by atoms with Gasteiger partial charge in [0.25, 0.3) is 5.91 Å². The number of fused-ring (bicyclic) bond motifs is 1. The zero-order valence-electron chi connectivity index (χ0n) is 14.3. The largest absolute Gasteiger partial charge is 0.325 e. The molecule has 4 rings (SSSR count). The van der Waals surface area contributed by atoms with Crippen molar-refractivity contribution in [3.63, 3.8) is 0 Å². The standard InChI is InChI=1S/C22H18N2O2/c1-14-19-13-18(11-12-20(19)24-21(14)25)23-22(26)17-9-7-16(8-10-17)15-5-3-2-4-6-15/h2-14H,1H3,(H,23,26)(H,24,25). The Bertz CT molecular complexity index is 979. The van der Waals surface area contributed by atoms with Crippen LogP contribution in [0.4, 0.5) is 11.4 Å². The Morgan fingerprint density at radius 2 is 1.62 bits per heavy atom. The molecule has 0 radical (unpaired) electrons. The second-order valence-electron chi connectivity index (χ2n) is 6.41. The van der Waals surface area contributed by atoms with E-state index in [1.54, 1.807) is 6.07 Å². The van der Waals surface area contributed by atoms with Gasteiger partial charge in [0.1, 0.15) is 0 Å². The fourth-order valence-corrected chi connectivity index (χ4v) is 3.14. The van der Waals surface area contributed by atoms with E-state index in [0.717, 1.165) is 22.4 Å². The fourth-order valence-electron chi connectivity index (χ4n) is 3.14. The highest BCUT2D eigenvalue weighted by Gasteiger charge is 2.26. The Balaban J connectivity index is 1.51. The van der Waals surface area contributed by atoms with E-state index in [2.05, 4.69) is 10.6 Å². The number of hydrogen-bond donors (Lipinski definition) is 2. The Labute approximate surface area is 151 Å². The van der Waals surface area contributed by atoms with Gasteiger partial charge in [-0.2, -0.15) is 0 Å². The van der Waals surface area contributed by atoms with E-state index in [1.165, 1.54) is 0 Å². The van der Waals surface area contributed by atoms with Crippen molar-refractivity contribution < 1.29 is 9.59 Å². The predicted octanol–water partition coefficient (Wildman–Crippen LogP) is 4.66.